The molecule has 5 heteroatoms. The summed E-state index contributed by atoms with van der Waals surface area (Å²) in [5, 5.41) is 12.7. The van der Waals surface area contributed by atoms with Crippen molar-refractivity contribution in [3.8, 4) is 11.5 Å². The van der Waals surface area contributed by atoms with Crippen LogP contribution in [0.3, 0.4) is 0 Å². The first-order chi connectivity index (χ1) is 9.60. The van der Waals surface area contributed by atoms with Gasteiger partial charge in [0.15, 0.2) is 0 Å². The summed E-state index contributed by atoms with van der Waals surface area (Å²) in [6, 6.07) is 4.70. The van der Waals surface area contributed by atoms with Gasteiger partial charge in [0, 0.05) is 19.2 Å². The minimum atomic E-state index is -0.238. The zero-order valence-corrected chi connectivity index (χ0v) is 12.1. The molecule has 0 aromatic heterocycles. The number of rotatable bonds is 4. The Kier molecular flexibility index (Phi) is 4.84. The van der Waals surface area contributed by atoms with E-state index in [0.29, 0.717) is 18.2 Å². The summed E-state index contributed by atoms with van der Waals surface area (Å²) >= 11 is 0. The highest BCUT2D eigenvalue weighted by atomic mass is 16.5. The third-order valence-corrected chi connectivity index (χ3v) is 3.72. The van der Waals surface area contributed by atoms with Crippen LogP contribution in [0.1, 0.15) is 23.2 Å². The van der Waals surface area contributed by atoms with E-state index in [4.69, 9.17) is 4.74 Å². The van der Waals surface area contributed by atoms with Crippen molar-refractivity contribution in [2.45, 2.75) is 12.8 Å². The standard InChI is InChI=1S/C15H22N2O3/c1-17-7-3-4-11(10-17)9-16-15(19)13-6-5-12(20-2)8-14(13)18/h5-6,8,11,18H,3-4,7,9-10H2,1-2H3,(H,16,19). The van der Waals surface area contributed by atoms with E-state index in [0.717, 1.165) is 19.5 Å². The fraction of sp³-hybridized carbons (Fsp3) is 0.533. The summed E-state index contributed by atoms with van der Waals surface area (Å²) in [6.07, 6.45) is 2.31. The second-order valence-electron chi connectivity index (χ2n) is 5.36. The summed E-state index contributed by atoms with van der Waals surface area (Å²) in [6.45, 7) is 2.78. The summed E-state index contributed by atoms with van der Waals surface area (Å²) in [5.41, 5.74) is 0.287. The lowest BCUT2D eigenvalue weighted by Crippen LogP contribution is -2.39. The van der Waals surface area contributed by atoms with Gasteiger partial charge in [-0.2, -0.15) is 0 Å². The first-order valence-electron chi connectivity index (χ1n) is 6.94. The van der Waals surface area contributed by atoms with Crippen molar-refractivity contribution in [2.24, 2.45) is 5.92 Å². The Hall–Kier alpha value is -1.75. The molecule has 1 aliphatic rings. The molecule has 1 unspecified atom stereocenters. The number of hydrogen-bond donors (Lipinski definition) is 2. The second kappa shape index (κ2) is 6.61. The smallest absolute Gasteiger partial charge is 0.255 e. The molecule has 0 bridgehead atoms. The Morgan fingerprint density at radius 1 is 1.55 bits per heavy atom. The van der Waals surface area contributed by atoms with Crippen LogP contribution in [-0.2, 0) is 0 Å². The van der Waals surface area contributed by atoms with E-state index < -0.39 is 0 Å². The molecule has 0 saturated carbocycles. The zero-order chi connectivity index (χ0) is 14.5. The number of amides is 1. The minimum absolute atomic E-state index is 0.0531. The summed E-state index contributed by atoms with van der Waals surface area (Å²) < 4.78 is 5.00. The van der Waals surface area contributed by atoms with E-state index in [9.17, 15) is 9.90 Å². The van der Waals surface area contributed by atoms with Gasteiger partial charge in [-0.15, -0.1) is 0 Å². The van der Waals surface area contributed by atoms with Crippen LogP contribution in [0.4, 0.5) is 0 Å². The van der Waals surface area contributed by atoms with Crippen molar-refractivity contribution in [1.29, 1.82) is 0 Å². The van der Waals surface area contributed by atoms with Gasteiger partial charge in [0.05, 0.1) is 12.7 Å². The number of nitrogens with zero attached hydrogens (tertiary/aromatic N) is 1. The normalized spacial score (nSPS) is 19.6. The molecule has 1 aliphatic heterocycles. The number of ether oxygens (including phenoxy) is 1. The first-order valence-corrected chi connectivity index (χ1v) is 6.94. The molecule has 1 fully saturated rings. The number of phenols is 1. The molecule has 5 nitrogen and oxygen atoms in total. The minimum Gasteiger partial charge on any atom is -0.507 e. The highest BCUT2D eigenvalue weighted by molar-refractivity contribution is 5.97. The van der Waals surface area contributed by atoms with Crippen molar-refractivity contribution in [2.75, 3.05) is 33.8 Å². The Bertz CT molecular complexity index is 476. The number of benzene rings is 1. The lowest BCUT2D eigenvalue weighted by atomic mass is 9.98. The molecular weight excluding hydrogens is 256 g/mol. The molecule has 1 aromatic carbocycles. The number of nitrogens with one attached hydrogen (secondary N) is 1. The summed E-state index contributed by atoms with van der Waals surface area (Å²) in [4.78, 5) is 14.3. The number of carbonyl (C=O) groups excluding carboxylic acids is 1. The Morgan fingerprint density at radius 2 is 2.35 bits per heavy atom. The molecule has 1 saturated heterocycles. The van der Waals surface area contributed by atoms with Gasteiger partial charge in [-0.1, -0.05) is 0 Å². The molecule has 110 valence electrons. The lowest BCUT2D eigenvalue weighted by molar-refractivity contribution is 0.0934. The van der Waals surface area contributed by atoms with Crippen LogP contribution in [0.5, 0.6) is 11.5 Å². The number of hydrogen-bond acceptors (Lipinski definition) is 4. The van der Waals surface area contributed by atoms with Gasteiger partial charge in [0.2, 0.25) is 0 Å². The molecule has 20 heavy (non-hydrogen) atoms. The van der Waals surface area contributed by atoms with E-state index in [-0.39, 0.29) is 17.2 Å². The average Bonchev–Trinajstić information content (AvgIpc) is 2.44. The zero-order valence-electron chi connectivity index (χ0n) is 12.1. The highest BCUT2D eigenvalue weighted by Crippen LogP contribution is 2.23. The van der Waals surface area contributed by atoms with Gasteiger partial charge < -0.3 is 20.1 Å². The quantitative estimate of drug-likeness (QED) is 0.875. The Labute approximate surface area is 119 Å². The maximum absolute atomic E-state index is 12.1. The van der Waals surface area contributed by atoms with Gasteiger partial charge >= 0.3 is 0 Å². The highest BCUT2D eigenvalue weighted by Gasteiger charge is 2.19. The molecule has 1 amide bonds. The van der Waals surface area contributed by atoms with Crippen molar-refractivity contribution < 1.29 is 14.6 Å². The average molecular weight is 278 g/mol. The van der Waals surface area contributed by atoms with Crippen LogP contribution >= 0.6 is 0 Å². The molecule has 1 heterocycles. The van der Waals surface area contributed by atoms with Crippen LogP contribution in [-0.4, -0.2) is 49.7 Å². The molecular formula is C15H22N2O3. The SMILES string of the molecule is COc1ccc(C(=O)NCC2CCCN(C)C2)c(O)c1. The second-order valence-corrected chi connectivity index (χ2v) is 5.36. The fourth-order valence-corrected chi connectivity index (χ4v) is 2.60. The molecule has 0 spiro atoms. The van der Waals surface area contributed by atoms with Crippen molar-refractivity contribution in [3.05, 3.63) is 23.8 Å². The third kappa shape index (κ3) is 3.63. The van der Waals surface area contributed by atoms with Crippen LogP contribution < -0.4 is 10.1 Å². The van der Waals surface area contributed by atoms with E-state index in [1.54, 1.807) is 12.1 Å². The van der Waals surface area contributed by atoms with Crippen LogP contribution in [0, 0.1) is 5.92 Å². The van der Waals surface area contributed by atoms with Crippen molar-refractivity contribution in [1.82, 2.24) is 10.2 Å². The lowest BCUT2D eigenvalue weighted by Gasteiger charge is -2.29. The van der Waals surface area contributed by atoms with Crippen molar-refractivity contribution >= 4 is 5.91 Å². The van der Waals surface area contributed by atoms with Gasteiger partial charge in [-0.05, 0) is 44.5 Å². The molecule has 0 aliphatic carbocycles. The van der Waals surface area contributed by atoms with Gasteiger partial charge in [0.25, 0.3) is 5.91 Å². The number of phenolic OH excluding ortho intramolecular Hbond substituents is 1. The Morgan fingerprint density at radius 3 is 3.00 bits per heavy atom. The number of aromatic hydroxyl groups is 1. The van der Waals surface area contributed by atoms with E-state index in [1.165, 1.54) is 19.6 Å². The molecule has 2 N–H and O–H groups in total. The predicted molar refractivity (Wildman–Crippen MR) is 77.2 cm³/mol. The fourth-order valence-electron chi connectivity index (χ4n) is 2.60. The third-order valence-electron chi connectivity index (χ3n) is 3.72. The number of piperidine rings is 1. The van der Waals surface area contributed by atoms with Gasteiger partial charge in [-0.3, -0.25) is 4.79 Å². The van der Waals surface area contributed by atoms with Crippen LogP contribution in [0.2, 0.25) is 0 Å². The summed E-state index contributed by atoms with van der Waals surface area (Å²) in [5.74, 6) is 0.729. The monoisotopic (exact) mass is 278 g/mol. The molecule has 0 radical (unpaired) electrons. The number of methoxy groups -OCH3 is 1. The van der Waals surface area contributed by atoms with Gasteiger partial charge in [-0.25, -0.2) is 0 Å². The van der Waals surface area contributed by atoms with Crippen LogP contribution in [0.15, 0.2) is 18.2 Å². The largest absolute Gasteiger partial charge is 0.507 e. The molecule has 1 atom stereocenters. The van der Waals surface area contributed by atoms with Gasteiger partial charge in [0.1, 0.15) is 11.5 Å². The molecule has 2 rings (SSSR count). The topological polar surface area (TPSA) is 61.8 Å². The number of carbonyl (C=O) groups is 1. The van der Waals surface area contributed by atoms with E-state index in [1.807, 2.05) is 0 Å². The summed E-state index contributed by atoms with van der Waals surface area (Å²) in [7, 11) is 3.62. The van der Waals surface area contributed by atoms with Crippen LogP contribution in [0.25, 0.3) is 0 Å². The Balaban J connectivity index is 1.91. The van der Waals surface area contributed by atoms with E-state index >= 15 is 0 Å². The van der Waals surface area contributed by atoms with Crippen molar-refractivity contribution in [3.63, 3.8) is 0 Å². The number of likely N-dealkylation sites (tertiary alicyclic amines) is 1. The molecule has 1 aromatic rings. The predicted octanol–water partition coefficient (Wildman–Crippen LogP) is 1.47. The van der Waals surface area contributed by atoms with E-state index in [2.05, 4.69) is 17.3 Å². The first kappa shape index (κ1) is 14.7. The maximum Gasteiger partial charge on any atom is 0.255 e. The maximum atomic E-state index is 12.1.